The van der Waals surface area contributed by atoms with Gasteiger partial charge in [-0.1, -0.05) is 18.3 Å². The second-order valence-corrected chi connectivity index (χ2v) is 5.60. The van der Waals surface area contributed by atoms with Gasteiger partial charge in [-0.3, -0.25) is 4.90 Å². The summed E-state index contributed by atoms with van der Waals surface area (Å²) in [4.78, 5) is 1.34. The number of rotatable bonds is 7. The zero-order valence-electron chi connectivity index (χ0n) is 11.3. The van der Waals surface area contributed by atoms with Gasteiger partial charge in [-0.25, -0.2) is 0 Å². The smallest absolute Gasteiger partial charge is 0.360 e. The minimum Gasteiger partial charge on any atom is -0.360 e. The van der Waals surface area contributed by atoms with Gasteiger partial charge >= 0.3 is 6.18 Å². The van der Waals surface area contributed by atoms with Crippen LogP contribution < -0.4 is 5.32 Å². The second-order valence-electron chi connectivity index (χ2n) is 4.54. The normalized spacial score (nSPS) is 12.4. The van der Waals surface area contributed by atoms with Crippen molar-refractivity contribution in [2.24, 2.45) is 0 Å². The second kappa shape index (κ2) is 7.04. The maximum atomic E-state index is 12.5. The van der Waals surface area contributed by atoms with Crippen LogP contribution in [0, 0.1) is 0 Å². The maximum Gasteiger partial charge on any atom is 0.401 e. The van der Waals surface area contributed by atoms with Crippen molar-refractivity contribution >= 4 is 16.5 Å². The van der Waals surface area contributed by atoms with Gasteiger partial charge in [-0.15, -0.1) is 10.2 Å². The Morgan fingerprint density at radius 2 is 2.00 bits per heavy atom. The molecule has 0 bridgehead atoms. The molecule has 0 fully saturated rings. The van der Waals surface area contributed by atoms with Crippen LogP contribution in [0.5, 0.6) is 0 Å². The van der Waals surface area contributed by atoms with E-state index < -0.39 is 12.7 Å². The van der Waals surface area contributed by atoms with Crippen molar-refractivity contribution in [3.63, 3.8) is 0 Å². The highest BCUT2D eigenvalue weighted by Gasteiger charge is 2.32. The van der Waals surface area contributed by atoms with Gasteiger partial charge in [-0.2, -0.15) is 13.2 Å². The van der Waals surface area contributed by atoms with Crippen LogP contribution in [0.25, 0.3) is 0 Å². The molecule has 0 aromatic carbocycles. The van der Waals surface area contributed by atoms with Crippen LogP contribution >= 0.6 is 11.3 Å². The highest BCUT2D eigenvalue weighted by molar-refractivity contribution is 7.15. The van der Waals surface area contributed by atoms with Crippen molar-refractivity contribution < 1.29 is 13.2 Å². The van der Waals surface area contributed by atoms with Crippen molar-refractivity contribution in [2.45, 2.75) is 46.0 Å². The zero-order chi connectivity index (χ0) is 14.5. The number of anilines is 1. The van der Waals surface area contributed by atoms with Crippen molar-refractivity contribution in [2.75, 3.05) is 18.4 Å². The van der Waals surface area contributed by atoms with E-state index >= 15 is 0 Å². The van der Waals surface area contributed by atoms with Crippen LogP contribution in [-0.4, -0.2) is 40.4 Å². The fraction of sp³-hybridized carbons (Fsp3) is 0.818. The summed E-state index contributed by atoms with van der Waals surface area (Å²) in [7, 11) is 0. The minimum atomic E-state index is -4.20. The van der Waals surface area contributed by atoms with Crippen LogP contribution in [0.3, 0.4) is 0 Å². The quantitative estimate of drug-likeness (QED) is 0.839. The lowest BCUT2D eigenvalue weighted by atomic mass is 10.3. The van der Waals surface area contributed by atoms with E-state index in [0.29, 0.717) is 10.1 Å². The SMILES string of the molecule is CCCNc1nnc(CN(CC(F)(F)F)C(C)C)s1. The van der Waals surface area contributed by atoms with E-state index in [2.05, 4.69) is 15.5 Å². The molecule has 0 saturated carbocycles. The van der Waals surface area contributed by atoms with Crippen LogP contribution in [0.4, 0.5) is 18.3 Å². The standard InChI is InChI=1S/C11H19F3N4S/c1-4-5-15-10-17-16-9(19-10)6-18(8(2)3)7-11(12,13)14/h8H,4-7H2,1-3H3,(H,15,17). The number of aromatic nitrogens is 2. The first-order valence-electron chi connectivity index (χ1n) is 6.19. The lowest BCUT2D eigenvalue weighted by molar-refractivity contribution is -0.150. The average molecular weight is 296 g/mol. The van der Waals surface area contributed by atoms with Gasteiger partial charge in [0.15, 0.2) is 0 Å². The third-order valence-corrected chi connectivity index (χ3v) is 3.31. The molecule has 1 aromatic heterocycles. The highest BCUT2D eigenvalue weighted by Crippen LogP contribution is 2.22. The first kappa shape index (κ1) is 16.2. The first-order valence-corrected chi connectivity index (χ1v) is 7.00. The summed E-state index contributed by atoms with van der Waals surface area (Å²) in [5, 5.41) is 12.2. The van der Waals surface area contributed by atoms with E-state index in [1.807, 2.05) is 6.92 Å². The van der Waals surface area contributed by atoms with Crippen molar-refractivity contribution in [1.82, 2.24) is 15.1 Å². The third-order valence-electron chi connectivity index (χ3n) is 2.44. The molecule has 0 aliphatic carbocycles. The van der Waals surface area contributed by atoms with E-state index in [4.69, 9.17) is 0 Å². The van der Waals surface area contributed by atoms with Gasteiger partial charge in [0.25, 0.3) is 0 Å². The lowest BCUT2D eigenvalue weighted by Crippen LogP contribution is -2.38. The number of alkyl halides is 3. The molecule has 8 heteroatoms. The molecule has 0 radical (unpaired) electrons. The monoisotopic (exact) mass is 296 g/mol. The maximum absolute atomic E-state index is 12.5. The van der Waals surface area contributed by atoms with Gasteiger partial charge in [-0.05, 0) is 20.3 Å². The van der Waals surface area contributed by atoms with Gasteiger partial charge in [0.2, 0.25) is 5.13 Å². The van der Waals surface area contributed by atoms with E-state index in [9.17, 15) is 13.2 Å². The van der Waals surface area contributed by atoms with Crippen LogP contribution in [-0.2, 0) is 6.54 Å². The molecule has 0 aliphatic heterocycles. The molecule has 0 unspecified atom stereocenters. The molecule has 1 rings (SSSR count). The van der Waals surface area contributed by atoms with E-state index in [1.165, 1.54) is 16.2 Å². The predicted octanol–water partition coefficient (Wildman–Crippen LogP) is 3.13. The van der Waals surface area contributed by atoms with Crippen molar-refractivity contribution in [3.8, 4) is 0 Å². The molecule has 1 heterocycles. The number of hydrogen-bond acceptors (Lipinski definition) is 5. The predicted molar refractivity (Wildman–Crippen MR) is 70.3 cm³/mol. The highest BCUT2D eigenvalue weighted by atomic mass is 32.1. The Hall–Kier alpha value is -0.890. The summed E-state index contributed by atoms with van der Waals surface area (Å²) >= 11 is 1.30. The largest absolute Gasteiger partial charge is 0.401 e. The van der Waals surface area contributed by atoms with E-state index in [0.717, 1.165) is 13.0 Å². The minimum absolute atomic E-state index is 0.169. The average Bonchev–Trinajstić information content (AvgIpc) is 2.71. The van der Waals surface area contributed by atoms with Crippen molar-refractivity contribution in [1.29, 1.82) is 0 Å². The van der Waals surface area contributed by atoms with E-state index in [-0.39, 0.29) is 12.6 Å². The summed E-state index contributed by atoms with van der Waals surface area (Å²) in [5.74, 6) is 0. The topological polar surface area (TPSA) is 41.1 Å². The molecular formula is C11H19F3N4S. The molecule has 0 amide bonds. The molecule has 0 aliphatic rings. The number of nitrogens with zero attached hydrogens (tertiary/aromatic N) is 3. The fourth-order valence-corrected chi connectivity index (χ4v) is 2.24. The molecule has 0 spiro atoms. The molecule has 1 aromatic rings. The molecule has 4 nitrogen and oxygen atoms in total. The molecule has 0 saturated heterocycles. The number of nitrogens with one attached hydrogen (secondary N) is 1. The third kappa shape index (κ3) is 6.20. The Bertz CT molecular complexity index is 378. The first-order chi connectivity index (χ1) is 8.81. The Morgan fingerprint density at radius 3 is 2.53 bits per heavy atom. The fourth-order valence-electron chi connectivity index (χ4n) is 1.45. The summed E-state index contributed by atoms with van der Waals surface area (Å²) in [6.45, 7) is 5.53. The van der Waals surface area contributed by atoms with E-state index in [1.54, 1.807) is 13.8 Å². The summed E-state index contributed by atoms with van der Waals surface area (Å²) in [6.07, 6.45) is -3.24. The number of halogens is 3. The molecule has 110 valence electrons. The van der Waals surface area contributed by atoms with Crippen LogP contribution in [0.15, 0.2) is 0 Å². The summed E-state index contributed by atoms with van der Waals surface area (Å²) < 4.78 is 37.4. The lowest BCUT2D eigenvalue weighted by Gasteiger charge is -2.26. The molecule has 0 atom stereocenters. The summed E-state index contributed by atoms with van der Waals surface area (Å²) in [6, 6.07) is -0.197. The summed E-state index contributed by atoms with van der Waals surface area (Å²) in [5.41, 5.74) is 0. The Balaban J connectivity index is 2.61. The van der Waals surface area contributed by atoms with Crippen molar-refractivity contribution in [3.05, 3.63) is 5.01 Å². The van der Waals surface area contributed by atoms with Gasteiger partial charge < -0.3 is 5.32 Å². The Morgan fingerprint density at radius 1 is 1.32 bits per heavy atom. The van der Waals surface area contributed by atoms with Gasteiger partial charge in [0.1, 0.15) is 5.01 Å². The molecular weight excluding hydrogens is 277 g/mol. The Labute approximate surface area is 115 Å². The Kier molecular flexibility index (Phi) is 5.99. The van der Waals surface area contributed by atoms with Gasteiger partial charge in [0, 0.05) is 12.6 Å². The molecule has 1 N–H and O–H groups in total. The van der Waals surface area contributed by atoms with Gasteiger partial charge in [0.05, 0.1) is 13.1 Å². The van der Waals surface area contributed by atoms with Crippen LogP contribution in [0.1, 0.15) is 32.2 Å². The molecule has 19 heavy (non-hydrogen) atoms. The van der Waals surface area contributed by atoms with Crippen LogP contribution in [0.2, 0.25) is 0 Å². The zero-order valence-corrected chi connectivity index (χ0v) is 12.1. The number of hydrogen-bond donors (Lipinski definition) is 1.